The summed E-state index contributed by atoms with van der Waals surface area (Å²) in [6.45, 7) is 5.26. The number of rotatable bonds is 4. The van der Waals surface area contributed by atoms with Crippen molar-refractivity contribution in [2.75, 3.05) is 13.1 Å². The normalized spacial score (nSPS) is 16.8. The molecule has 2 aromatic rings. The molecule has 0 unspecified atom stereocenters. The molecule has 6 nitrogen and oxygen atoms in total. The van der Waals surface area contributed by atoms with E-state index in [0.717, 1.165) is 23.4 Å². The maximum atomic E-state index is 12.9. The van der Waals surface area contributed by atoms with Crippen LogP contribution in [0.1, 0.15) is 23.4 Å². The summed E-state index contributed by atoms with van der Waals surface area (Å²) in [5, 5.41) is 2.84. The van der Waals surface area contributed by atoms with Gasteiger partial charge in [0.25, 0.3) is 0 Å². The van der Waals surface area contributed by atoms with E-state index in [1.807, 2.05) is 19.9 Å². The molecular formula is C18H21FN4O2. The minimum absolute atomic E-state index is 0.113. The standard InChI is InChI=1S/C18H21FN4O2/c1-12-9-13(2)22-17(21-12)25-16-7-8-23(11-16)18(24)20-10-14-3-5-15(19)6-4-14/h3-6,9,16H,7-8,10-11H2,1-2H3,(H,20,24)/t16-/m0/s1. The van der Waals surface area contributed by atoms with Crippen LogP contribution in [0.25, 0.3) is 0 Å². The Hall–Kier alpha value is -2.70. The summed E-state index contributed by atoms with van der Waals surface area (Å²) < 4.78 is 18.7. The van der Waals surface area contributed by atoms with Crippen molar-refractivity contribution < 1.29 is 13.9 Å². The van der Waals surface area contributed by atoms with Crippen LogP contribution in [0.2, 0.25) is 0 Å². The van der Waals surface area contributed by atoms with Gasteiger partial charge in [0.05, 0.1) is 6.54 Å². The molecule has 1 saturated heterocycles. The highest BCUT2D eigenvalue weighted by Crippen LogP contribution is 2.16. The van der Waals surface area contributed by atoms with Crippen LogP contribution >= 0.6 is 0 Å². The highest BCUT2D eigenvalue weighted by atomic mass is 19.1. The van der Waals surface area contributed by atoms with Gasteiger partial charge in [0.2, 0.25) is 0 Å². The minimum Gasteiger partial charge on any atom is -0.458 e. The number of carbonyl (C=O) groups is 1. The van der Waals surface area contributed by atoms with Crippen LogP contribution in [0.5, 0.6) is 6.01 Å². The lowest BCUT2D eigenvalue weighted by molar-refractivity contribution is 0.177. The second kappa shape index (κ2) is 7.46. The Morgan fingerprint density at radius 3 is 2.64 bits per heavy atom. The quantitative estimate of drug-likeness (QED) is 0.926. The summed E-state index contributed by atoms with van der Waals surface area (Å²) in [7, 11) is 0. The van der Waals surface area contributed by atoms with Gasteiger partial charge in [-0.25, -0.2) is 19.2 Å². The second-order valence-electron chi connectivity index (χ2n) is 6.19. The fourth-order valence-electron chi connectivity index (χ4n) is 2.80. The Kier molecular flexibility index (Phi) is 5.11. The average molecular weight is 344 g/mol. The first-order valence-electron chi connectivity index (χ1n) is 8.26. The van der Waals surface area contributed by atoms with Gasteiger partial charge in [0, 0.05) is 30.9 Å². The number of ether oxygens (including phenoxy) is 1. The molecule has 1 aromatic heterocycles. The van der Waals surface area contributed by atoms with E-state index in [2.05, 4.69) is 15.3 Å². The summed E-state index contributed by atoms with van der Waals surface area (Å²) in [6.07, 6.45) is 0.623. The van der Waals surface area contributed by atoms with E-state index in [4.69, 9.17) is 4.74 Å². The zero-order chi connectivity index (χ0) is 17.8. The zero-order valence-corrected chi connectivity index (χ0v) is 14.3. The largest absolute Gasteiger partial charge is 0.458 e. The third-order valence-electron chi connectivity index (χ3n) is 4.02. The molecule has 1 atom stereocenters. The number of benzene rings is 1. The number of hydrogen-bond donors (Lipinski definition) is 1. The number of carbonyl (C=O) groups excluding carboxylic acids is 1. The first-order chi connectivity index (χ1) is 12.0. The van der Waals surface area contributed by atoms with Crippen LogP contribution < -0.4 is 10.1 Å². The van der Waals surface area contributed by atoms with E-state index >= 15 is 0 Å². The van der Waals surface area contributed by atoms with Gasteiger partial charge in [0.15, 0.2) is 0 Å². The molecule has 0 bridgehead atoms. The van der Waals surface area contributed by atoms with Crippen molar-refractivity contribution >= 4 is 6.03 Å². The van der Waals surface area contributed by atoms with Gasteiger partial charge in [-0.2, -0.15) is 0 Å². The van der Waals surface area contributed by atoms with Crippen LogP contribution in [0.15, 0.2) is 30.3 Å². The van der Waals surface area contributed by atoms with E-state index in [1.54, 1.807) is 17.0 Å². The van der Waals surface area contributed by atoms with E-state index in [0.29, 0.717) is 25.6 Å². The molecule has 0 radical (unpaired) electrons. The topological polar surface area (TPSA) is 67.3 Å². The SMILES string of the molecule is Cc1cc(C)nc(O[C@H]2CCN(C(=O)NCc3ccc(F)cc3)C2)n1. The number of aromatic nitrogens is 2. The number of nitrogens with one attached hydrogen (secondary N) is 1. The summed E-state index contributed by atoms with van der Waals surface area (Å²) in [5.41, 5.74) is 2.56. The molecule has 0 spiro atoms. The predicted molar refractivity (Wildman–Crippen MR) is 90.7 cm³/mol. The first-order valence-corrected chi connectivity index (χ1v) is 8.26. The highest BCUT2D eigenvalue weighted by molar-refractivity contribution is 5.74. The van der Waals surface area contributed by atoms with E-state index in [9.17, 15) is 9.18 Å². The van der Waals surface area contributed by atoms with Gasteiger partial charge in [-0.1, -0.05) is 12.1 Å². The molecule has 0 aliphatic carbocycles. The third kappa shape index (κ3) is 4.65. The predicted octanol–water partition coefficient (Wildman–Crippen LogP) is 2.60. The van der Waals surface area contributed by atoms with Crippen molar-refractivity contribution in [3.05, 3.63) is 53.1 Å². The van der Waals surface area contributed by atoms with Crippen molar-refractivity contribution in [2.24, 2.45) is 0 Å². The van der Waals surface area contributed by atoms with Gasteiger partial charge in [-0.15, -0.1) is 0 Å². The fourth-order valence-corrected chi connectivity index (χ4v) is 2.80. The van der Waals surface area contributed by atoms with E-state index in [1.165, 1.54) is 12.1 Å². The van der Waals surface area contributed by atoms with Crippen molar-refractivity contribution in [1.29, 1.82) is 0 Å². The molecule has 1 N–H and O–H groups in total. The van der Waals surface area contributed by atoms with Crippen molar-refractivity contribution in [3.8, 4) is 6.01 Å². The zero-order valence-electron chi connectivity index (χ0n) is 14.3. The molecule has 1 aliphatic rings. The Bertz CT molecular complexity index is 731. The van der Waals surface area contributed by atoms with E-state index in [-0.39, 0.29) is 18.0 Å². The maximum absolute atomic E-state index is 12.9. The second-order valence-corrected chi connectivity index (χ2v) is 6.19. The average Bonchev–Trinajstić information content (AvgIpc) is 3.01. The van der Waals surface area contributed by atoms with Gasteiger partial charge in [-0.3, -0.25) is 0 Å². The van der Waals surface area contributed by atoms with Crippen molar-refractivity contribution in [2.45, 2.75) is 32.9 Å². The summed E-state index contributed by atoms with van der Waals surface area (Å²) in [4.78, 5) is 22.5. The fraction of sp³-hybridized carbons (Fsp3) is 0.389. The van der Waals surface area contributed by atoms with Gasteiger partial charge in [-0.05, 0) is 37.6 Å². The Morgan fingerprint density at radius 1 is 1.28 bits per heavy atom. The molecule has 25 heavy (non-hydrogen) atoms. The van der Waals surface area contributed by atoms with Crippen molar-refractivity contribution in [3.63, 3.8) is 0 Å². The number of amides is 2. The highest BCUT2D eigenvalue weighted by Gasteiger charge is 2.28. The van der Waals surface area contributed by atoms with Gasteiger partial charge >= 0.3 is 12.0 Å². The Labute approximate surface area is 146 Å². The number of aryl methyl sites for hydroxylation is 2. The maximum Gasteiger partial charge on any atom is 0.317 e. The number of urea groups is 1. The molecule has 132 valence electrons. The monoisotopic (exact) mass is 344 g/mol. The lowest BCUT2D eigenvalue weighted by Gasteiger charge is -2.17. The van der Waals surface area contributed by atoms with Gasteiger partial charge < -0.3 is 15.0 Å². The van der Waals surface area contributed by atoms with E-state index < -0.39 is 0 Å². The van der Waals surface area contributed by atoms with Crippen LogP contribution in [-0.2, 0) is 6.54 Å². The number of hydrogen-bond acceptors (Lipinski definition) is 4. The first kappa shape index (κ1) is 17.1. The molecule has 1 aromatic carbocycles. The van der Waals surface area contributed by atoms with Crippen LogP contribution in [-0.4, -0.2) is 40.1 Å². The smallest absolute Gasteiger partial charge is 0.317 e. The summed E-state index contributed by atoms with van der Waals surface area (Å²) in [5.74, 6) is -0.289. The molecule has 1 aliphatic heterocycles. The molecule has 2 amide bonds. The molecule has 0 saturated carbocycles. The van der Waals surface area contributed by atoms with Gasteiger partial charge in [0.1, 0.15) is 11.9 Å². The minimum atomic E-state index is -0.289. The number of likely N-dealkylation sites (tertiary alicyclic amines) is 1. The molecule has 1 fully saturated rings. The molecular weight excluding hydrogens is 323 g/mol. The van der Waals surface area contributed by atoms with Crippen LogP contribution in [0, 0.1) is 19.7 Å². The van der Waals surface area contributed by atoms with Crippen molar-refractivity contribution in [1.82, 2.24) is 20.2 Å². The lowest BCUT2D eigenvalue weighted by atomic mass is 10.2. The van der Waals surface area contributed by atoms with Crippen LogP contribution in [0.3, 0.4) is 0 Å². The molecule has 2 heterocycles. The third-order valence-corrected chi connectivity index (χ3v) is 4.02. The number of nitrogens with zero attached hydrogens (tertiary/aromatic N) is 3. The summed E-state index contributed by atoms with van der Waals surface area (Å²) >= 11 is 0. The lowest BCUT2D eigenvalue weighted by Crippen LogP contribution is -2.39. The number of halogens is 1. The van der Waals surface area contributed by atoms with Crippen LogP contribution in [0.4, 0.5) is 9.18 Å². The Morgan fingerprint density at radius 2 is 1.96 bits per heavy atom. The molecule has 3 rings (SSSR count). The summed E-state index contributed by atoms with van der Waals surface area (Å²) in [6, 6.07) is 8.16. The Balaban J connectivity index is 1.49. The molecule has 7 heteroatoms.